The van der Waals surface area contributed by atoms with Gasteiger partial charge < -0.3 is 9.84 Å². The number of thiocarbonyl (C=S) groups is 1. The summed E-state index contributed by atoms with van der Waals surface area (Å²) >= 11 is 5.23. The van der Waals surface area contributed by atoms with E-state index in [0.29, 0.717) is 17.2 Å². The summed E-state index contributed by atoms with van der Waals surface area (Å²) in [5, 5.41) is 10.1. The van der Waals surface area contributed by atoms with Crippen molar-refractivity contribution in [1.82, 2.24) is 0 Å². The summed E-state index contributed by atoms with van der Waals surface area (Å²) < 4.78 is 5.59. The minimum absolute atomic E-state index is 0.188. The fourth-order valence-corrected chi connectivity index (χ4v) is 3.49. The van der Waals surface area contributed by atoms with Crippen LogP contribution in [0.25, 0.3) is 0 Å². The zero-order valence-corrected chi connectivity index (χ0v) is 18.7. The van der Waals surface area contributed by atoms with Crippen molar-refractivity contribution in [1.29, 1.82) is 0 Å². The maximum absolute atomic E-state index is 9.75. The van der Waals surface area contributed by atoms with Crippen molar-refractivity contribution in [3.63, 3.8) is 0 Å². The first-order valence-corrected chi connectivity index (χ1v) is 11.8. The van der Waals surface area contributed by atoms with E-state index >= 15 is 0 Å². The van der Waals surface area contributed by atoms with Crippen LogP contribution < -0.4 is 0 Å². The molecule has 0 fully saturated rings. The Balaban J connectivity index is 1.85. The molecule has 1 aromatic carbocycles. The Morgan fingerprint density at radius 3 is 1.96 bits per heavy atom. The van der Waals surface area contributed by atoms with Crippen molar-refractivity contribution in [3.8, 4) is 5.75 Å². The second-order valence-electron chi connectivity index (χ2n) is 7.59. The molecule has 0 heterocycles. The number of hydrogen-bond donors (Lipinski definition) is 1. The molecule has 0 aliphatic heterocycles. The molecule has 0 unspecified atom stereocenters. The Hall–Kier alpha value is -1.35. The summed E-state index contributed by atoms with van der Waals surface area (Å²) in [6, 6.07) is 7.07. The molecule has 0 bridgehead atoms. The molecule has 0 aromatic heterocycles. The van der Waals surface area contributed by atoms with Crippen molar-refractivity contribution in [3.05, 3.63) is 42.0 Å². The van der Waals surface area contributed by atoms with E-state index in [1.165, 1.54) is 83.5 Å². The summed E-state index contributed by atoms with van der Waals surface area (Å²) in [6.45, 7) is 2.90. The Kier molecular flexibility index (Phi) is 15.6. The Morgan fingerprint density at radius 1 is 0.821 bits per heavy atom. The number of hydrogen-bond acceptors (Lipinski definition) is 3. The molecule has 0 saturated carbocycles. The van der Waals surface area contributed by atoms with Gasteiger partial charge in [0.05, 0.1) is 12.2 Å². The van der Waals surface area contributed by atoms with Crippen molar-refractivity contribution < 1.29 is 9.84 Å². The van der Waals surface area contributed by atoms with Crippen LogP contribution in [0, 0.1) is 0 Å². The summed E-state index contributed by atoms with van der Waals surface area (Å²) in [6.07, 6.45) is 22.9. The molecule has 0 amide bonds. The van der Waals surface area contributed by atoms with E-state index in [1.807, 2.05) is 6.07 Å². The summed E-state index contributed by atoms with van der Waals surface area (Å²) in [5.74, 6) is 0.188. The molecule has 0 spiro atoms. The fourth-order valence-electron chi connectivity index (χ4n) is 3.24. The standard InChI is InChI=1S/C25H40O2S/c1-2-3-4-5-6-7-8-9-10-11-12-13-14-15-16-19-22-27-25(28)23-20-17-18-21-24(23)26/h9-10,17-18,20-21,26H,2-8,11-16,19,22H2,1H3/b10-9-. The van der Waals surface area contributed by atoms with E-state index in [-0.39, 0.29) is 5.75 Å². The van der Waals surface area contributed by atoms with E-state index in [2.05, 4.69) is 19.1 Å². The van der Waals surface area contributed by atoms with Crippen molar-refractivity contribution in [2.45, 2.75) is 96.8 Å². The topological polar surface area (TPSA) is 29.5 Å². The first-order valence-electron chi connectivity index (χ1n) is 11.4. The molecule has 158 valence electrons. The van der Waals surface area contributed by atoms with Gasteiger partial charge in [0.15, 0.2) is 5.05 Å². The van der Waals surface area contributed by atoms with Gasteiger partial charge in [0, 0.05) is 0 Å². The number of phenols is 1. The molecule has 0 saturated heterocycles. The predicted molar refractivity (Wildman–Crippen MR) is 125 cm³/mol. The molecule has 1 rings (SSSR count). The minimum atomic E-state index is 0.188. The molecular weight excluding hydrogens is 364 g/mol. The average molecular weight is 405 g/mol. The van der Waals surface area contributed by atoms with Crippen LogP contribution in [0.1, 0.15) is 102 Å². The van der Waals surface area contributed by atoms with E-state index in [1.54, 1.807) is 18.2 Å². The van der Waals surface area contributed by atoms with Gasteiger partial charge >= 0.3 is 0 Å². The SMILES string of the molecule is CCCCCCCC/C=C\CCCCCCCCOC(=S)c1ccccc1O. The normalized spacial score (nSPS) is 11.2. The third-order valence-corrected chi connectivity index (χ3v) is 5.35. The predicted octanol–water partition coefficient (Wildman–Crippen LogP) is 8.12. The van der Waals surface area contributed by atoms with Gasteiger partial charge in [0.25, 0.3) is 0 Å². The number of para-hydroxylation sites is 1. The smallest absolute Gasteiger partial charge is 0.194 e. The van der Waals surface area contributed by atoms with Crippen LogP contribution in [0.5, 0.6) is 5.75 Å². The number of allylic oxidation sites excluding steroid dienone is 2. The average Bonchev–Trinajstić information content (AvgIpc) is 2.70. The quantitative estimate of drug-likeness (QED) is 0.161. The van der Waals surface area contributed by atoms with Gasteiger partial charge in [-0.15, -0.1) is 0 Å². The van der Waals surface area contributed by atoms with Crippen LogP contribution >= 0.6 is 12.2 Å². The molecule has 1 aromatic rings. The second-order valence-corrected chi connectivity index (χ2v) is 7.96. The lowest BCUT2D eigenvalue weighted by Crippen LogP contribution is -2.05. The highest BCUT2D eigenvalue weighted by atomic mass is 32.1. The number of aromatic hydroxyl groups is 1. The second kappa shape index (κ2) is 17.7. The summed E-state index contributed by atoms with van der Waals surface area (Å²) in [5.41, 5.74) is 0.613. The van der Waals surface area contributed by atoms with Crippen molar-refractivity contribution >= 4 is 17.3 Å². The number of ether oxygens (including phenoxy) is 1. The Morgan fingerprint density at radius 2 is 1.36 bits per heavy atom. The fraction of sp³-hybridized carbons (Fsp3) is 0.640. The van der Waals surface area contributed by atoms with E-state index in [0.717, 1.165) is 6.42 Å². The third-order valence-electron chi connectivity index (χ3n) is 5.01. The highest BCUT2D eigenvalue weighted by Crippen LogP contribution is 2.17. The van der Waals surface area contributed by atoms with Crippen LogP contribution in [0.4, 0.5) is 0 Å². The van der Waals surface area contributed by atoms with Crippen molar-refractivity contribution in [2.24, 2.45) is 0 Å². The lowest BCUT2D eigenvalue weighted by molar-refractivity contribution is 0.299. The van der Waals surface area contributed by atoms with Gasteiger partial charge in [-0.2, -0.15) is 0 Å². The zero-order chi connectivity index (χ0) is 20.3. The molecule has 0 radical (unpaired) electrons. The number of unbranched alkanes of at least 4 members (excludes halogenated alkanes) is 12. The van der Waals surface area contributed by atoms with Crippen LogP contribution in [-0.4, -0.2) is 16.8 Å². The van der Waals surface area contributed by atoms with Crippen LogP contribution in [-0.2, 0) is 4.74 Å². The molecule has 0 aliphatic carbocycles. The Bertz CT molecular complexity index is 539. The highest BCUT2D eigenvalue weighted by Gasteiger charge is 2.06. The van der Waals surface area contributed by atoms with Gasteiger partial charge in [-0.25, -0.2) is 0 Å². The maximum Gasteiger partial charge on any atom is 0.194 e. The first kappa shape index (κ1) is 24.7. The van der Waals surface area contributed by atoms with E-state index < -0.39 is 0 Å². The monoisotopic (exact) mass is 404 g/mol. The van der Waals surface area contributed by atoms with Gasteiger partial charge in [-0.3, -0.25) is 0 Å². The molecular formula is C25H40O2S. The maximum atomic E-state index is 9.75. The largest absolute Gasteiger partial charge is 0.507 e. The Labute approximate surface area is 178 Å². The lowest BCUT2D eigenvalue weighted by atomic mass is 10.1. The zero-order valence-electron chi connectivity index (χ0n) is 17.8. The van der Waals surface area contributed by atoms with Gasteiger partial charge in [0.2, 0.25) is 0 Å². The summed E-state index contributed by atoms with van der Waals surface area (Å²) in [7, 11) is 0. The highest BCUT2D eigenvalue weighted by molar-refractivity contribution is 7.80. The van der Waals surface area contributed by atoms with E-state index in [4.69, 9.17) is 17.0 Å². The molecule has 0 aliphatic rings. The first-order chi connectivity index (χ1) is 13.8. The molecule has 0 atom stereocenters. The number of phenolic OH excluding ortho intramolecular Hbond substituents is 1. The number of rotatable bonds is 17. The van der Waals surface area contributed by atoms with Crippen LogP contribution in [0.2, 0.25) is 0 Å². The van der Waals surface area contributed by atoms with Crippen LogP contribution in [0.3, 0.4) is 0 Å². The molecule has 28 heavy (non-hydrogen) atoms. The molecule has 2 nitrogen and oxygen atoms in total. The lowest BCUT2D eigenvalue weighted by Gasteiger charge is -2.08. The molecule has 1 N–H and O–H groups in total. The van der Waals surface area contributed by atoms with Crippen LogP contribution in [0.15, 0.2) is 36.4 Å². The minimum Gasteiger partial charge on any atom is -0.507 e. The van der Waals surface area contributed by atoms with Gasteiger partial charge in [-0.05, 0) is 56.5 Å². The third kappa shape index (κ3) is 12.9. The van der Waals surface area contributed by atoms with Gasteiger partial charge in [-0.1, -0.05) is 89.0 Å². The summed E-state index contributed by atoms with van der Waals surface area (Å²) in [4.78, 5) is 0. The van der Waals surface area contributed by atoms with Gasteiger partial charge in [0.1, 0.15) is 5.75 Å². The number of benzene rings is 1. The van der Waals surface area contributed by atoms with Crippen molar-refractivity contribution in [2.75, 3.05) is 6.61 Å². The molecule has 3 heteroatoms. The van der Waals surface area contributed by atoms with E-state index in [9.17, 15) is 5.11 Å².